The van der Waals surface area contributed by atoms with Gasteiger partial charge in [0.05, 0.1) is 0 Å². The van der Waals surface area contributed by atoms with Gasteiger partial charge in [0.15, 0.2) is 5.69 Å². The van der Waals surface area contributed by atoms with Crippen molar-refractivity contribution in [2.24, 2.45) is 0 Å². The van der Waals surface area contributed by atoms with Gasteiger partial charge in [-0.1, -0.05) is 0 Å². The Morgan fingerprint density at radius 2 is 2.08 bits per heavy atom. The van der Waals surface area contributed by atoms with E-state index in [0.717, 1.165) is 0 Å². The molecule has 1 aromatic heterocycles. The van der Waals surface area contributed by atoms with E-state index in [4.69, 9.17) is 15.9 Å². The van der Waals surface area contributed by atoms with E-state index in [1.54, 1.807) is 0 Å². The SMILES string of the molecule is Cc1c(O)nc(N)nc1C(=O)O. The van der Waals surface area contributed by atoms with Crippen LogP contribution in [0.4, 0.5) is 5.95 Å². The Morgan fingerprint density at radius 1 is 1.50 bits per heavy atom. The molecule has 0 unspecified atom stereocenters. The summed E-state index contributed by atoms with van der Waals surface area (Å²) in [6.45, 7) is 1.40. The molecule has 6 heteroatoms. The summed E-state index contributed by atoms with van der Waals surface area (Å²) < 4.78 is 0. The Morgan fingerprint density at radius 3 is 2.58 bits per heavy atom. The van der Waals surface area contributed by atoms with Crippen LogP contribution in [-0.2, 0) is 0 Å². The number of aromatic carboxylic acids is 1. The third-order valence-corrected chi connectivity index (χ3v) is 1.34. The van der Waals surface area contributed by atoms with Gasteiger partial charge in [0.25, 0.3) is 0 Å². The van der Waals surface area contributed by atoms with E-state index < -0.39 is 11.8 Å². The third-order valence-electron chi connectivity index (χ3n) is 1.34. The second-order valence-corrected chi connectivity index (χ2v) is 2.18. The van der Waals surface area contributed by atoms with Gasteiger partial charge in [-0.3, -0.25) is 0 Å². The number of nitrogens with two attached hydrogens (primary N) is 1. The summed E-state index contributed by atoms with van der Waals surface area (Å²) >= 11 is 0. The normalized spacial score (nSPS) is 9.75. The lowest BCUT2D eigenvalue weighted by atomic mass is 10.2. The third kappa shape index (κ3) is 1.26. The van der Waals surface area contributed by atoms with Gasteiger partial charge < -0.3 is 15.9 Å². The van der Waals surface area contributed by atoms with Gasteiger partial charge >= 0.3 is 5.97 Å². The molecule has 6 nitrogen and oxygen atoms in total. The Balaban J connectivity index is 3.37. The molecule has 0 saturated heterocycles. The molecule has 12 heavy (non-hydrogen) atoms. The van der Waals surface area contributed by atoms with E-state index in [1.165, 1.54) is 6.92 Å². The highest BCUT2D eigenvalue weighted by molar-refractivity contribution is 5.87. The van der Waals surface area contributed by atoms with Gasteiger partial charge in [-0.2, -0.15) is 4.98 Å². The molecule has 0 fully saturated rings. The van der Waals surface area contributed by atoms with Gasteiger partial charge in [0, 0.05) is 5.56 Å². The standard InChI is InChI=1S/C6H7N3O3/c1-2-3(5(11)12)8-6(7)9-4(2)10/h1H3,(H,11,12)(H3,7,8,9,10). The van der Waals surface area contributed by atoms with Crippen LogP contribution in [0, 0.1) is 6.92 Å². The predicted molar refractivity (Wildman–Crippen MR) is 39.8 cm³/mol. The van der Waals surface area contributed by atoms with Crippen molar-refractivity contribution in [1.82, 2.24) is 9.97 Å². The highest BCUT2D eigenvalue weighted by Gasteiger charge is 2.14. The summed E-state index contributed by atoms with van der Waals surface area (Å²) in [5.74, 6) is -1.90. The van der Waals surface area contributed by atoms with Gasteiger partial charge in [0.2, 0.25) is 11.8 Å². The van der Waals surface area contributed by atoms with Crippen molar-refractivity contribution in [2.75, 3.05) is 5.73 Å². The van der Waals surface area contributed by atoms with Crippen LogP contribution in [0.3, 0.4) is 0 Å². The molecule has 1 aromatic rings. The lowest BCUT2D eigenvalue weighted by Crippen LogP contribution is -2.07. The number of rotatable bonds is 1. The average molecular weight is 169 g/mol. The van der Waals surface area contributed by atoms with Crippen molar-refractivity contribution in [2.45, 2.75) is 6.92 Å². The van der Waals surface area contributed by atoms with Crippen LogP contribution in [0.15, 0.2) is 0 Å². The number of carboxylic acids is 1. The van der Waals surface area contributed by atoms with Crippen LogP contribution >= 0.6 is 0 Å². The summed E-state index contributed by atoms with van der Waals surface area (Å²) in [4.78, 5) is 17.3. The summed E-state index contributed by atoms with van der Waals surface area (Å²) in [5, 5.41) is 17.6. The predicted octanol–water partition coefficient (Wildman–Crippen LogP) is -0.229. The molecule has 1 rings (SSSR count). The smallest absolute Gasteiger partial charge is 0.355 e. The van der Waals surface area contributed by atoms with Gasteiger partial charge in [0.1, 0.15) is 0 Å². The largest absolute Gasteiger partial charge is 0.493 e. The zero-order chi connectivity index (χ0) is 9.30. The van der Waals surface area contributed by atoms with E-state index >= 15 is 0 Å². The quantitative estimate of drug-likeness (QED) is 0.535. The maximum Gasteiger partial charge on any atom is 0.355 e. The molecular weight excluding hydrogens is 162 g/mol. The second kappa shape index (κ2) is 2.65. The first-order chi connectivity index (χ1) is 5.52. The van der Waals surface area contributed by atoms with E-state index in [1.807, 2.05) is 0 Å². The summed E-state index contributed by atoms with van der Waals surface area (Å²) in [6, 6.07) is 0. The van der Waals surface area contributed by atoms with Crippen molar-refractivity contribution < 1.29 is 15.0 Å². The maximum absolute atomic E-state index is 10.5. The van der Waals surface area contributed by atoms with Crippen molar-refractivity contribution >= 4 is 11.9 Å². The molecule has 0 saturated carbocycles. The molecule has 1 heterocycles. The summed E-state index contributed by atoms with van der Waals surface area (Å²) in [5.41, 5.74) is 4.95. The Kier molecular flexibility index (Phi) is 1.82. The van der Waals surface area contributed by atoms with E-state index in [2.05, 4.69) is 9.97 Å². The molecule has 4 N–H and O–H groups in total. The van der Waals surface area contributed by atoms with Crippen LogP contribution < -0.4 is 5.73 Å². The van der Waals surface area contributed by atoms with Gasteiger partial charge in [-0.25, -0.2) is 9.78 Å². The first-order valence-corrected chi connectivity index (χ1v) is 3.08. The first kappa shape index (κ1) is 8.25. The van der Waals surface area contributed by atoms with E-state index in [9.17, 15) is 4.79 Å². The number of hydrogen-bond acceptors (Lipinski definition) is 5. The second-order valence-electron chi connectivity index (χ2n) is 2.18. The molecule has 0 radical (unpaired) electrons. The zero-order valence-electron chi connectivity index (χ0n) is 6.27. The van der Waals surface area contributed by atoms with Crippen LogP contribution in [0.25, 0.3) is 0 Å². The zero-order valence-corrected chi connectivity index (χ0v) is 6.27. The highest BCUT2D eigenvalue weighted by atomic mass is 16.4. The molecule has 0 amide bonds. The minimum Gasteiger partial charge on any atom is -0.493 e. The molecule has 0 aliphatic carbocycles. The highest BCUT2D eigenvalue weighted by Crippen LogP contribution is 2.16. The maximum atomic E-state index is 10.5. The Hall–Kier alpha value is -1.85. The fourth-order valence-electron chi connectivity index (χ4n) is 0.730. The average Bonchev–Trinajstić information content (AvgIpc) is 1.96. The Labute approximate surface area is 67.7 Å². The molecule has 0 aromatic carbocycles. The molecule has 0 spiro atoms. The molecule has 0 aliphatic heterocycles. The summed E-state index contributed by atoms with van der Waals surface area (Å²) in [6.07, 6.45) is 0. The molecule has 0 aliphatic rings. The van der Waals surface area contributed by atoms with Crippen molar-refractivity contribution in [3.63, 3.8) is 0 Å². The number of hydrogen-bond donors (Lipinski definition) is 3. The van der Waals surface area contributed by atoms with Crippen LogP contribution in [0.2, 0.25) is 0 Å². The molecular formula is C6H7N3O3. The van der Waals surface area contributed by atoms with Crippen molar-refractivity contribution in [3.8, 4) is 5.88 Å². The van der Waals surface area contributed by atoms with E-state index in [-0.39, 0.29) is 17.2 Å². The van der Waals surface area contributed by atoms with Gasteiger partial charge in [-0.15, -0.1) is 0 Å². The van der Waals surface area contributed by atoms with Crippen LogP contribution in [0.5, 0.6) is 5.88 Å². The van der Waals surface area contributed by atoms with Gasteiger partial charge in [-0.05, 0) is 6.92 Å². The van der Waals surface area contributed by atoms with Crippen molar-refractivity contribution in [1.29, 1.82) is 0 Å². The lowest BCUT2D eigenvalue weighted by Gasteiger charge is -2.01. The molecule has 64 valence electrons. The fourth-order valence-corrected chi connectivity index (χ4v) is 0.730. The number of anilines is 1. The number of nitrogen functional groups attached to an aromatic ring is 1. The number of carbonyl (C=O) groups is 1. The molecule has 0 bridgehead atoms. The van der Waals surface area contributed by atoms with Crippen LogP contribution in [-0.4, -0.2) is 26.2 Å². The van der Waals surface area contributed by atoms with E-state index in [0.29, 0.717) is 0 Å². The minimum atomic E-state index is -1.24. The number of nitrogens with zero attached hydrogens (tertiary/aromatic N) is 2. The first-order valence-electron chi connectivity index (χ1n) is 3.08. The lowest BCUT2D eigenvalue weighted by molar-refractivity contribution is 0.0689. The number of carboxylic acid groups (broad SMARTS) is 1. The number of aromatic hydroxyl groups is 1. The Bertz CT molecular complexity index is 337. The number of aromatic nitrogens is 2. The monoisotopic (exact) mass is 169 g/mol. The van der Waals surface area contributed by atoms with Crippen molar-refractivity contribution in [3.05, 3.63) is 11.3 Å². The van der Waals surface area contributed by atoms with Crippen LogP contribution in [0.1, 0.15) is 16.1 Å². The summed E-state index contributed by atoms with van der Waals surface area (Å²) in [7, 11) is 0. The molecule has 0 atom stereocenters. The fraction of sp³-hybridized carbons (Fsp3) is 0.167. The topological polar surface area (TPSA) is 109 Å². The minimum absolute atomic E-state index is 0.108.